The third kappa shape index (κ3) is 5.12. The normalized spacial score (nSPS) is 10.6. The number of nitrogens with one attached hydrogen (secondary N) is 1. The largest absolute Gasteiger partial charge is 0.355 e. The Labute approximate surface area is 161 Å². The van der Waals surface area contributed by atoms with Crippen LogP contribution in [0.4, 0.5) is 0 Å². The van der Waals surface area contributed by atoms with Crippen LogP contribution in [0.2, 0.25) is 5.02 Å². The van der Waals surface area contributed by atoms with E-state index >= 15 is 0 Å². The van der Waals surface area contributed by atoms with Crippen LogP contribution in [0.3, 0.4) is 0 Å². The molecular weight excluding hydrogens is 376 g/mol. The van der Waals surface area contributed by atoms with E-state index in [4.69, 9.17) is 17.4 Å². The van der Waals surface area contributed by atoms with Crippen molar-refractivity contribution in [3.05, 3.63) is 29.3 Å². The highest BCUT2D eigenvalue weighted by Gasteiger charge is 2.18. The lowest BCUT2D eigenvalue weighted by Crippen LogP contribution is -2.41. The number of nitrogens with zero attached hydrogens (tertiary/aromatic N) is 4. The zero-order valence-electron chi connectivity index (χ0n) is 14.6. The Morgan fingerprint density at radius 3 is 2.77 bits per heavy atom. The van der Waals surface area contributed by atoms with Crippen molar-refractivity contribution in [3.8, 4) is 11.4 Å². The number of carbonyl (C=O) groups excluding carboxylic acids is 2. The molecule has 3 N–H and O–H groups in total. The van der Waals surface area contributed by atoms with Gasteiger partial charge in [0, 0.05) is 23.7 Å². The van der Waals surface area contributed by atoms with Gasteiger partial charge in [0.25, 0.3) is 0 Å². The van der Waals surface area contributed by atoms with Crippen LogP contribution in [-0.2, 0) is 9.59 Å². The Hall–Kier alpha value is -2.26. The predicted octanol–water partition coefficient (Wildman–Crippen LogP) is 1.39. The van der Waals surface area contributed by atoms with Gasteiger partial charge in [-0.3, -0.25) is 9.59 Å². The molecule has 0 saturated heterocycles. The van der Waals surface area contributed by atoms with Gasteiger partial charge in [-0.1, -0.05) is 35.5 Å². The highest BCUT2D eigenvalue weighted by Crippen LogP contribution is 2.23. The molecule has 26 heavy (non-hydrogen) atoms. The molecule has 1 aromatic carbocycles. The maximum absolute atomic E-state index is 12.3. The minimum Gasteiger partial charge on any atom is -0.355 e. The molecule has 0 aliphatic carbocycles. The van der Waals surface area contributed by atoms with E-state index in [-0.39, 0.29) is 24.1 Å². The molecule has 0 spiro atoms. The predicted molar refractivity (Wildman–Crippen MR) is 102 cm³/mol. The van der Waals surface area contributed by atoms with Gasteiger partial charge in [0.05, 0.1) is 12.3 Å². The highest BCUT2D eigenvalue weighted by atomic mass is 35.5. The van der Waals surface area contributed by atoms with Gasteiger partial charge in [0.1, 0.15) is 0 Å². The van der Waals surface area contributed by atoms with Crippen LogP contribution in [0, 0.1) is 0 Å². The van der Waals surface area contributed by atoms with Crippen LogP contribution in [0.15, 0.2) is 29.4 Å². The van der Waals surface area contributed by atoms with Gasteiger partial charge >= 0.3 is 0 Å². The lowest BCUT2D eigenvalue weighted by molar-refractivity contribution is -0.133. The highest BCUT2D eigenvalue weighted by molar-refractivity contribution is 7.99. The van der Waals surface area contributed by atoms with Crippen LogP contribution >= 0.6 is 23.4 Å². The van der Waals surface area contributed by atoms with Crippen LogP contribution in [-0.4, -0.2) is 57.0 Å². The summed E-state index contributed by atoms with van der Waals surface area (Å²) < 4.78 is 1.32. The molecule has 10 heteroatoms. The van der Waals surface area contributed by atoms with E-state index in [1.807, 2.05) is 19.9 Å². The molecule has 0 saturated carbocycles. The van der Waals surface area contributed by atoms with Crippen LogP contribution < -0.4 is 11.2 Å². The van der Waals surface area contributed by atoms with Crippen LogP contribution in [0.5, 0.6) is 0 Å². The first-order valence-corrected chi connectivity index (χ1v) is 9.46. The number of benzene rings is 1. The molecule has 8 nitrogen and oxygen atoms in total. The standard InChI is InChI=1S/C16H21ClN6O2S/c1-3-19-13(24)9-22(4-2)14(25)10-26-16-21-20-15(23(16)18)11-6-5-7-12(17)8-11/h5-8H,3-4,9-10,18H2,1-2H3,(H,19,24). The smallest absolute Gasteiger partial charge is 0.239 e. The van der Waals surface area contributed by atoms with Gasteiger partial charge < -0.3 is 16.1 Å². The average molecular weight is 397 g/mol. The average Bonchev–Trinajstić information content (AvgIpc) is 2.98. The van der Waals surface area contributed by atoms with Crippen molar-refractivity contribution >= 4 is 35.2 Å². The summed E-state index contributed by atoms with van der Waals surface area (Å²) >= 11 is 7.15. The zero-order chi connectivity index (χ0) is 19.1. The van der Waals surface area contributed by atoms with E-state index in [0.29, 0.717) is 29.1 Å². The van der Waals surface area contributed by atoms with Crippen molar-refractivity contribution in [2.24, 2.45) is 0 Å². The van der Waals surface area contributed by atoms with Crippen LogP contribution in [0.1, 0.15) is 13.8 Å². The monoisotopic (exact) mass is 396 g/mol. The number of aromatic nitrogens is 3. The van der Waals surface area contributed by atoms with E-state index in [1.165, 1.54) is 21.3 Å². The molecule has 140 valence electrons. The second-order valence-electron chi connectivity index (χ2n) is 5.34. The maximum Gasteiger partial charge on any atom is 0.239 e. The van der Waals surface area contributed by atoms with Gasteiger partial charge in [0.2, 0.25) is 17.0 Å². The fourth-order valence-electron chi connectivity index (χ4n) is 2.22. The molecule has 0 unspecified atom stereocenters. The Morgan fingerprint density at radius 2 is 2.12 bits per heavy atom. The Balaban J connectivity index is 2.01. The van der Waals surface area contributed by atoms with Crippen molar-refractivity contribution < 1.29 is 9.59 Å². The molecule has 2 amide bonds. The molecule has 2 aromatic rings. The number of likely N-dealkylation sites (N-methyl/N-ethyl adjacent to an activating group) is 2. The summed E-state index contributed by atoms with van der Waals surface area (Å²) in [6.45, 7) is 4.66. The van der Waals surface area contributed by atoms with E-state index < -0.39 is 0 Å². The van der Waals surface area contributed by atoms with Gasteiger partial charge in [-0.25, -0.2) is 4.68 Å². The minimum atomic E-state index is -0.182. The van der Waals surface area contributed by atoms with Gasteiger partial charge in [0.15, 0.2) is 5.82 Å². The second kappa shape index (κ2) is 9.44. The molecule has 0 aliphatic heterocycles. The first-order valence-electron chi connectivity index (χ1n) is 8.09. The minimum absolute atomic E-state index is 0.0345. The number of hydrogen-bond acceptors (Lipinski definition) is 6. The summed E-state index contributed by atoms with van der Waals surface area (Å²) in [5, 5.41) is 11.7. The summed E-state index contributed by atoms with van der Waals surface area (Å²) in [5.41, 5.74) is 0.733. The van der Waals surface area contributed by atoms with Crippen molar-refractivity contribution in [2.75, 3.05) is 31.2 Å². The third-order valence-electron chi connectivity index (χ3n) is 3.51. The zero-order valence-corrected chi connectivity index (χ0v) is 16.2. The van der Waals surface area contributed by atoms with Gasteiger partial charge in [-0.2, -0.15) is 0 Å². The third-order valence-corrected chi connectivity index (χ3v) is 4.68. The Morgan fingerprint density at radius 1 is 1.35 bits per heavy atom. The number of amides is 2. The van der Waals surface area contributed by atoms with Crippen molar-refractivity contribution in [3.63, 3.8) is 0 Å². The molecule has 0 fully saturated rings. The first-order chi connectivity index (χ1) is 12.5. The number of hydrogen-bond donors (Lipinski definition) is 2. The molecule has 0 atom stereocenters. The van der Waals surface area contributed by atoms with Gasteiger partial charge in [-0.05, 0) is 26.0 Å². The molecule has 1 heterocycles. The van der Waals surface area contributed by atoms with Crippen molar-refractivity contribution in [2.45, 2.75) is 19.0 Å². The molecule has 2 rings (SSSR count). The number of carbonyl (C=O) groups is 2. The van der Waals surface area contributed by atoms with Crippen molar-refractivity contribution in [1.29, 1.82) is 0 Å². The number of rotatable bonds is 8. The van der Waals surface area contributed by atoms with Crippen molar-refractivity contribution in [1.82, 2.24) is 25.1 Å². The maximum atomic E-state index is 12.3. The quantitative estimate of drug-likeness (QED) is 0.516. The van der Waals surface area contributed by atoms with E-state index in [1.54, 1.807) is 18.2 Å². The van der Waals surface area contributed by atoms with E-state index in [9.17, 15) is 9.59 Å². The molecule has 1 aromatic heterocycles. The summed E-state index contributed by atoms with van der Waals surface area (Å²) in [4.78, 5) is 25.5. The summed E-state index contributed by atoms with van der Waals surface area (Å²) in [6.07, 6.45) is 0. The van der Waals surface area contributed by atoms with E-state index in [0.717, 1.165) is 5.56 Å². The number of nitrogen functional groups attached to an aromatic ring is 1. The Bertz CT molecular complexity index is 782. The van der Waals surface area contributed by atoms with Crippen LogP contribution in [0.25, 0.3) is 11.4 Å². The SMILES string of the molecule is CCNC(=O)CN(CC)C(=O)CSc1nnc(-c2cccc(Cl)c2)n1N. The van der Waals surface area contributed by atoms with E-state index in [2.05, 4.69) is 15.5 Å². The summed E-state index contributed by atoms with van der Waals surface area (Å²) in [6, 6.07) is 7.11. The summed E-state index contributed by atoms with van der Waals surface area (Å²) in [7, 11) is 0. The molecular formula is C16H21ClN6O2S. The fraction of sp³-hybridized carbons (Fsp3) is 0.375. The second-order valence-corrected chi connectivity index (χ2v) is 6.72. The number of thioether (sulfide) groups is 1. The Kier molecular flexibility index (Phi) is 7.28. The first kappa shape index (κ1) is 20.1. The summed E-state index contributed by atoms with van der Waals surface area (Å²) in [5.74, 6) is 6.25. The fourth-order valence-corrected chi connectivity index (χ4v) is 3.17. The lowest BCUT2D eigenvalue weighted by atomic mass is 10.2. The topological polar surface area (TPSA) is 106 Å². The molecule has 0 aliphatic rings. The lowest BCUT2D eigenvalue weighted by Gasteiger charge is -2.19. The molecule has 0 bridgehead atoms. The van der Waals surface area contributed by atoms with Gasteiger partial charge in [-0.15, -0.1) is 10.2 Å². The number of nitrogens with two attached hydrogens (primary N) is 1. The molecule has 0 radical (unpaired) electrons. The number of halogens is 1.